The highest BCUT2D eigenvalue weighted by Gasteiger charge is 2.37. The lowest BCUT2D eigenvalue weighted by molar-refractivity contribution is -0.140. The van der Waals surface area contributed by atoms with Gasteiger partial charge in [0.1, 0.15) is 0 Å². The molecule has 0 saturated heterocycles. The van der Waals surface area contributed by atoms with Gasteiger partial charge in [0.2, 0.25) is 0 Å². The molecule has 0 aliphatic carbocycles. The summed E-state index contributed by atoms with van der Waals surface area (Å²) in [6, 6.07) is 3.38. The molecule has 0 rings (SSSR count). The van der Waals surface area contributed by atoms with Crippen LogP contribution in [0.3, 0.4) is 0 Å². The second-order valence-corrected chi connectivity index (χ2v) is 14.8. The van der Waals surface area contributed by atoms with Crippen molar-refractivity contribution < 1.29 is 18.8 Å². The molecule has 0 aliphatic heterocycles. The average molecular weight is 525 g/mol. The van der Waals surface area contributed by atoms with E-state index in [1.807, 2.05) is 0 Å². The van der Waals surface area contributed by atoms with E-state index >= 15 is 0 Å². The maximum absolute atomic E-state index is 12.9. The van der Waals surface area contributed by atoms with Crippen molar-refractivity contribution in [2.45, 2.75) is 167 Å². The number of ether oxygens (including phenoxy) is 1. The molecule has 0 bridgehead atoms. The third-order valence-corrected chi connectivity index (χ3v) is 11.7. The Hall–Kier alpha value is -1.10. The Kier molecular flexibility index (Phi) is 24.8. The molecule has 0 aromatic heterocycles. The molecule has 0 unspecified atom stereocenters. The van der Waals surface area contributed by atoms with Crippen molar-refractivity contribution in [1.29, 1.82) is 0 Å². The zero-order chi connectivity index (χ0) is 26.7. The molecule has 4 nitrogen and oxygen atoms in total. The van der Waals surface area contributed by atoms with Crippen LogP contribution in [0.15, 0.2) is 12.7 Å². The van der Waals surface area contributed by atoms with Gasteiger partial charge in [-0.25, -0.2) is 4.79 Å². The van der Waals surface area contributed by atoms with Crippen molar-refractivity contribution in [3.63, 3.8) is 0 Å². The quantitative estimate of drug-likeness (QED) is 0.0464. The van der Waals surface area contributed by atoms with Crippen molar-refractivity contribution in [3.8, 4) is 0 Å². The van der Waals surface area contributed by atoms with E-state index in [9.17, 15) is 9.59 Å². The van der Waals surface area contributed by atoms with E-state index in [0.717, 1.165) is 24.2 Å². The minimum absolute atomic E-state index is 0.0701. The van der Waals surface area contributed by atoms with Crippen molar-refractivity contribution in [3.05, 3.63) is 12.7 Å². The summed E-state index contributed by atoms with van der Waals surface area (Å²) in [5.74, 6) is -0.499. The predicted molar refractivity (Wildman–Crippen MR) is 157 cm³/mol. The van der Waals surface area contributed by atoms with E-state index < -0.39 is 14.3 Å². The van der Waals surface area contributed by atoms with Crippen LogP contribution < -0.4 is 0 Å². The first-order chi connectivity index (χ1) is 17.5. The summed E-state index contributed by atoms with van der Waals surface area (Å²) in [5, 5.41) is 0. The molecule has 0 spiro atoms. The molecule has 0 saturated carbocycles. The molecule has 0 aromatic rings. The Balaban J connectivity index is 5.03. The summed E-state index contributed by atoms with van der Waals surface area (Å²) in [6.07, 6.45) is 25.1. The molecule has 0 fully saturated rings. The van der Waals surface area contributed by atoms with Gasteiger partial charge in [0, 0.05) is 12.5 Å². The molecule has 0 radical (unpaired) electrons. The minimum Gasteiger partial charge on any atom is -0.519 e. The fraction of sp³-hybridized carbons (Fsp3) is 0.871. The molecular weight excluding hydrogens is 464 g/mol. The summed E-state index contributed by atoms with van der Waals surface area (Å²) >= 11 is 0. The van der Waals surface area contributed by atoms with Gasteiger partial charge in [0.05, 0.1) is 6.61 Å². The van der Waals surface area contributed by atoms with Crippen LogP contribution in [0.2, 0.25) is 18.1 Å². The Bertz CT molecular complexity index is 494. The van der Waals surface area contributed by atoms with E-state index in [4.69, 9.17) is 9.16 Å². The Morgan fingerprint density at radius 2 is 1.00 bits per heavy atom. The van der Waals surface area contributed by atoms with Crippen LogP contribution >= 0.6 is 0 Å². The summed E-state index contributed by atoms with van der Waals surface area (Å²) in [5.41, 5.74) is 0. The molecule has 0 aromatic carbocycles. The highest BCUT2D eigenvalue weighted by molar-refractivity contribution is 6.75. The highest BCUT2D eigenvalue weighted by atomic mass is 28.4. The second-order valence-electron chi connectivity index (χ2n) is 10.7. The number of esters is 1. The van der Waals surface area contributed by atoms with Crippen molar-refractivity contribution >= 4 is 20.3 Å². The zero-order valence-electron chi connectivity index (χ0n) is 24.4. The largest absolute Gasteiger partial charge is 0.519 e. The normalized spacial score (nSPS) is 11.4. The molecule has 0 N–H and O–H groups in total. The van der Waals surface area contributed by atoms with Gasteiger partial charge in [0.25, 0.3) is 14.3 Å². The first-order valence-electron chi connectivity index (χ1n) is 15.5. The van der Waals surface area contributed by atoms with Crippen LogP contribution in [-0.2, 0) is 18.8 Å². The third-order valence-electron chi connectivity index (χ3n) is 7.22. The van der Waals surface area contributed by atoms with Crippen LogP contribution in [0.25, 0.3) is 0 Å². The maximum atomic E-state index is 12.9. The zero-order valence-corrected chi connectivity index (χ0v) is 25.4. The van der Waals surface area contributed by atoms with Gasteiger partial charge < -0.3 is 9.16 Å². The number of carbonyl (C=O) groups excluding carboxylic acids is 2. The molecular formula is C31H60O4Si. The van der Waals surface area contributed by atoms with E-state index in [-0.39, 0.29) is 12.6 Å². The Morgan fingerprint density at radius 3 is 1.39 bits per heavy atom. The highest BCUT2D eigenvalue weighted by Crippen LogP contribution is 2.32. The SMILES string of the molecule is C=CC(=O)OCCCC(=O)O[Si](CCCCCCCC)(CCCCCCCC)CCCCCCCC. The predicted octanol–water partition coefficient (Wildman–Crippen LogP) is 10.1. The first kappa shape index (κ1) is 34.9. The van der Waals surface area contributed by atoms with Gasteiger partial charge in [-0.3, -0.25) is 4.79 Å². The van der Waals surface area contributed by atoms with E-state index in [2.05, 4.69) is 27.4 Å². The van der Waals surface area contributed by atoms with Crippen molar-refractivity contribution in [2.24, 2.45) is 0 Å². The number of hydrogen-bond donors (Lipinski definition) is 0. The van der Waals surface area contributed by atoms with Gasteiger partial charge in [-0.1, -0.05) is 143 Å². The van der Waals surface area contributed by atoms with Crippen LogP contribution in [0.5, 0.6) is 0 Å². The van der Waals surface area contributed by atoms with E-state index in [1.165, 1.54) is 116 Å². The topological polar surface area (TPSA) is 52.6 Å². The second kappa shape index (κ2) is 25.5. The third kappa shape index (κ3) is 21.0. The molecule has 0 aliphatic rings. The minimum atomic E-state index is -2.13. The number of hydrogen-bond acceptors (Lipinski definition) is 4. The van der Waals surface area contributed by atoms with Gasteiger partial charge in [-0.05, 0) is 24.6 Å². The lowest BCUT2D eigenvalue weighted by atomic mass is 10.1. The Labute approximate surface area is 225 Å². The van der Waals surface area contributed by atoms with Gasteiger partial charge in [-0.2, -0.15) is 0 Å². The first-order valence-corrected chi connectivity index (χ1v) is 18.1. The lowest BCUT2D eigenvalue weighted by Crippen LogP contribution is -2.40. The number of rotatable bonds is 27. The summed E-state index contributed by atoms with van der Waals surface area (Å²) in [4.78, 5) is 24.2. The van der Waals surface area contributed by atoms with E-state index in [1.54, 1.807) is 0 Å². The molecule has 0 amide bonds. The number of carbonyl (C=O) groups is 2. The summed E-state index contributed by atoms with van der Waals surface area (Å²) < 4.78 is 11.5. The smallest absolute Gasteiger partial charge is 0.330 e. The lowest BCUT2D eigenvalue weighted by Gasteiger charge is -2.32. The number of unbranched alkanes of at least 4 members (excludes halogenated alkanes) is 15. The fourth-order valence-electron chi connectivity index (χ4n) is 4.95. The molecule has 0 atom stereocenters. The Morgan fingerprint density at radius 1 is 0.611 bits per heavy atom. The fourth-order valence-corrected chi connectivity index (χ4v) is 9.28. The molecule has 5 heteroatoms. The average Bonchev–Trinajstić information content (AvgIpc) is 2.88. The summed E-state index contributed by atoms with van der Waals surface area (Å²) in [6.45, 7) is 10.5. The summed E-state index contributed by atoms with van der Waals surface area (Å²) in [7, 11) is -2.13. The van der Waals surface area contributed by atoms with Crippen molar-refractivity contribution in [2.75, 3.05) is 6.61 Å². The van der Waals surface area contributed by atoms with Gasteiger partial charge in [0.15, 0.2) is 0 Å². The molecule has 36 heavy (non-hydrogen) atoms. The van der Waals surface area contributed by atoms with Crippen LogP contribution in [0, 0.1) is 0 Å². The maximum Gasteiger partial charge on any atom is 0.330 e. The van der Waals surface area contributed by atoms with Crippen molar-refractivity contribution in [1.82, 2.24) is 0 Å². The molecule has 212 valence electrons. The standard InChI is InChI=1S/C31H60O4Si/c1-5-9-12-15-18-21-27-36(28-22-19-16-13-10-6-2,29-23-20-17-14-11-7-3)35-31(33)25-24-26-34-30(32)8-4/h8H,4-7,9-29H2,1-3H3. The van der Waals surface area contributed by atoms with E-state index in [0.29, 0.717) is 12.8 Å². The van der Waals surface area contributed by atoms with Crippen LogP contribution in [-0.4, -0.2) is 26.9 Å². The van der Waals surface area contributed by atoms with Gasteiger partial charge in [-0.15, -0.1) is 0 Å². The van der Waals surface area contributed by atoms with Gasteiger partial charge >= 0.3 is 5.97 Å². The molecule has 0 heterocycles. The van der Waals surface area contributed by atoms with Crippen LogP contribution in [0.4, 0.5) is 0 Å². The van der Waals surface area contributed by atoms with Crippen LogP contribution in [0.1, 0.15) is 149 Å². The monoisotopic (exact) mass is 524 g/mol.